The summed E-state index contributed by atoms with van der Waals surface area (Å²) >= 11 is 0. The Morgan fingerprint density at radius 3 is 2.57 bits per heavy atom. The first-order valence-corrected chi connectivity index (χ1v) is 8.00. The Bertz CT molecular complexity index is 559. The molecular weight excluding hydrogens is 292 g/mol. The minimum absolute atomic E-state index is 0.00159. The number of likely N-dealkylation sites (N-methyl/N-ethyl adjacent to an activating group) is 1. The van der Waals surface area contributed by atoms with Gasteiger partial charge in [-0.1, -0.05) is 6.07 Å². The van der Waals surface area contributed by atoms with Crippen LogP contribution in [0.25, 0.3) is 0 Å². The van der Waals surface area contributed by atoms with Crippen LogP contribution in [0, 0.1) is 0 Å². The third-order valence-electron chi connectivity index (χ3n) is 4.10. The number of carbonyl (C=O) groups excluding carboxylic acids is 2. The molecule has 1 fully saturated rings. The third kappa shape index (κ3) is 5.65. The quantitative estimate of drug-likeness (QED) is 0.836. The summed E-state index contributed by atoms with van der Waals surface area (Å²) in [5.41, 5.74) is 1.39. The van der Waals surface area contributed by atoms with Crippen LogP contribution >= 0.6 is 0 Å². The molecule has 1 aromatic rings. The van der Waals surface area contributed by atoms with Crippen molar-refractivity contribution in [3.8, 4) is 0 Å². The summed E-state index contributed by atoms with van der Waals surface area (Å²) < 4.78 is 0. The van der Waals surface area contributed by atoms with Gasteiger partial charge in [0.25, 0.3) is 0 Å². The molecule has 6 nitrogen and oxygen atoms in total. The smallest absolute Gasteiger partial charge is 0.225 e. The predicted molar refractivity (Wildman–Crippen MR) is 92.5 cm³/mol. The predicted octanol–water partition coefficient (Wildman–Crippen LogP) is 1.61. The first-order valence-electron chi connectivity index (χ1n) is 8.00. The Balaban J connectivity index is 1.78. The Hall–Kier alpha value is -1.92. The summed E-state index contributed by atoms with van der Waals surface area (Å²) in [6.45, 7) is 4.32. The summed E-state index contributed by atoms with van der Waals surface area (Å²) in [5.74, 6) is -0.128. The van der Waals surface area contributed by atoms with Gasteiger partial charge >= 0.3 is 0 Å². The lowest BCUT2D eigenvalue weighted by Crippen LogP contribution is -2.32. The highest BCUT2D eigenvalue weighted by Crippen LogP contribution is 2.16. The standard InChI is InChI=1S/C17H26N4O2/c1-13(22)18-14-5-4-6-15(11-14)19-17(23)8-10-21-9-7-16(12-21)20(2)3/h4-6,11,16H,7-10,12H2,1-3H3,(H,18,22)(H,19,23). The number of likely N-dealkylation sites (tertiary alicyclic amines) is 1. The van der Waals surface area contributed by atoms with Gasteiger partial charge in [0.05, 0.1) is 0 Å². The molecule has 2 rings (SSSR count). The topological polar surface area (TPSA) is 64.7 Å². The van der Waals surface area contributed by atoms with Crippen molar-refractivity contribution in [1.82, 2.24) is 9.80 Å². The molecular formula is C17H26N4O2. The fraction of sp³-hybridized carbons (Fsp3) is 0.529. The summed E-state index contributed by atoms with van der Waals surface area (Å²) in [6, 6.07) is 7.77. The van der Waals surface area contributed by atoms with Crippen LogP contribution in [-0.2, 0) is 9.59 Å². The SMILES string of the molecule is CC(=O)Nc1cccc(NC(=O)CCN2CCC(N(C)C)C2)c1. The molecule has 0 radical (unpaired) electrons. The van der Waals surface area contributed by atoms with E-state index in [-0.39, 0.29) is 11.8 Å². The maximum Gasteiger partial charge on any atom is 0.225 e. The lowest BCUT2D eigenvalue weighted by molar-refractivity contribution is -0.116. The number of nitrogens with one attached hydrogen (secondary N) is 2. The fourth-order valence-electron chi connectivity index (χ4n) is 2.80. The van der Waals surface area contributed by atoms with Crippen LogP contribution in [0.15, 0.2) is 24.3 Å². The molecule has 0 aromatic heterocycles. The van der Waals surface area contributed by atoms with Crippen molar-refractivity contribution in [3.63, 3.8) is 0 Å². The van der Waals surface area contributed by atoms with E-state index >= 15 is 0 Å². The molecule has 0 bridgehead atoms. The zero-order valence-electron chi connectivity index (χ0n) is 14.1. The molecule has 23 heavy (non-hydrogen) atoms. The minimum Gasteiger partial charge on any atom is -0.326 e. The highest BCUT2D eigenvalue weighted by Gasteiger charge is 2.23. The number of rotatable bonds is 6. The summed E-state index contributed by atoms with van der Waals surface area (Å²) in [7, 11) is 4.20. The van der Waals surface area contributed by atoms with Crippen molar-refractivity contribution in [3.05, 3.63) is 24.3 Å². The number of hydrogen-bond acceptors (Lipinski definition) is 4. The van der Waals surface area contributed by atoms with Crippen LogP contribution in [0.4, 0.5) is 11.4 Å². The molecule has 2 amide bonds. The summed E-state index contributed by atoms with van der Waals surface area (Å²) in [4.78, 5) is 27.7. The van der Waals surface area contributed by atoms with Crippen LogP contribution in [0.3, 0.4) is 0 Å². The van der Waals surface area contributed by atoms with Gasteiger partial charge in [0.2, 0.25) is 11.8 Å². The molecule has 6 heteroatoms. The van der Waals surface area contributed by atoms with Gasteiger partial charge in [0, 0.05) is 43.9 Å². The van der Waals surface area contributed by atoms with Crippen molar-refractivity contribution in [2.24, 2.45) is 0 Å². The van der Waals surface area contributed by atoms with Crippen LogP contribution in [-0.4, -0.2) is 61.4 Å². The maximum atomic E-state index is 12.1. The number of anilines is 2. The molecule has 1 unspecified atom stereocenters. The summed E-state index contributed by atoms with van der Waals surface area (Å²) in [5, 5.41) is 5.59. The number of benzene rings is 1. The van der Waals surface area contributed by atoms with E-state index in [1.165, 1.54) is 6.92 Å². The molecule has 0 saturated carbocycles. The normalized spacial score (nSPS) is 18.2. The summed E-state index contributed by atoms with van der Waals surface area (Å²) in [6.07, 6.45) is 1.64. The van der Waals surface area contributed by atoms with Crippen molar-refractivity contribution >= 4 is 23.2 Å². The lowest BCUT2D eigenvalue weighted by atomic mass is 10.2. The molecule has 1 aliphatic rings. The maximum absolute atomic E-state index is 12.1. The average Bonchev–Trinajstić information content (AvgIpc) is 2.94. The van der Waals surface area contributed by atoms with E-state index < -0.39 is 0 Å². The second kappa shape index (κ2) is 8.08. The molecule has 1 saturated heterocycles. The van der Waals surface area contributed by atoms with Crippen LogP contribution in [0.2, 0.25) is 0 Å². The van der Waals surface area contributed by atoms with Gasteiger partial charge in [0.1, 0.15) is 0 Å². The van der Waals surface area contributed by atoms with E-state index in [0.717, 1.165) is 26.1 Å². The van der Waals surface area contributed by atoms with Crippen molar-refractivity contribution < 1.29 is 9.59 Å². The zero-order chi connectivity index (χ0) is 16.8. The van der Waals surface area contributed by atoms with Gasteiger partial charge in [-0.3, -0.25) is 9.59 Å². The van der Waals surface area contributed by atoms with Gasteiger partial charge in [-0.15, -0.1) is 0 Å². The minimum atomic E-state index is -0.127. The first kappa shape index (κ1) is 17.4. The average molecular weight is 318 g/mol. The molecule has 0 spiro atoms. The van der Waals surface area contributed by atoms with Gasteiger partial charge in [-0.25, -0.2) is 0 Å². The Labute approximate surface area is 137 Å². The number of nitrogens with zero attached hydrogens (tertiary/aromatic N) is 2. The van der Waals surface area contributed by atoms with E-state index in [4.69, 9.17) is 0 Å². The van der Waals surface area contributed by atoms with Gasteiger partial charge in [0.15, 0.2) is 0 Å². The molecule has 1 atom stereocenters. The Kier molecular flexibility index (Phi) is 6.12. The lowest BCUT2D eigenvalue weighted by Gasteiger charge is -2.20. The van der Waals surface area contributed by atoms with Crippen LogP contribution < -0.4 is 10.6 Å². The molecule has 0 aliphatic carbocycles. The van der Waals surface area contributed by atoms with E-state index in [1.807, 2.05) is 12.1 Å². The second-order valence-corrected chi connectivity index (χ2v) is 6.27. The van der Waals surface area contributed by atoms with Crippen molar-refractivity contribution in [2.45, 2.75) is 25.8 Å². The largest absolute Gasteiger partial charge is 0.326 e. The first-order chi connectivity index (χ1) is 10.9. The van der Waals surface area contributed by atoms with Crippen molar-refractivity contribution in [2.75, 3.05) is 44.4 Å². The molecule has 126 valence electrons. The van der Waals surface area contributed by atoms with Crippen molar-refractivity contribution in [1.29, 1.82) is 0 Å². The number of carbonyl (C=O) groups is 2. The highest BCUT2D eigenvalue weighted by atomic mass is 16.2. The molecule has 1 heterocycles. The number of hydrogen-bond donors (Lipinski definition) is 2. The Morgan fingerprint density at radius 1 is 1.26 bits per heavy atom. The van der Waals surface area contributed by atoms with Gasteiger partial charge in [-0.2, -0.15) is 0 Å². The second-order valence-electron chi connectivity index (χ2n) is 6.27. The van der Waals surface area contributed by atoms with E-state index in [0.29, 0.717) is 23.8 Å². The molecule has 1 aliphatic heterocycles. The van der Waals surface area contributed by atoms with E-state index in [2.05, 4.69) is 34.5 Å². The van der Waals surface area contributed by atoms with E-state index in [9.17, 15) is 9.59 Å². The van der Waals surface area contributed by atoms with E-state index in [1.54, 1.807) is 12.1 Å². The number of amides is 2. The van der Waals surface area contributed by atoms with Crippen LogP contribution in [0.1, 0.15) is 19.8 Å². The highest BCUT2D eigenvalue weighted by molar-refractivity contribution is 5.93. The monoisotopic (exact) mass is 318 g/mol. The zero-order valence-corrected chi connectivity index (χ0v) is 14.1. The van der Waals surface area contributed by atoms with Crippen LogP contribution in [0.5, 0.6) is 0 Å². The Morgan fingerprint density at radius 2 is 1.96 bits per heavy atom. The fourth-order valence-corrected chi connectivity index (χ4v) is 2.80. The molecule has 1 aromatic carbocycles. The third-order valence-corrected chi connectivity index (χ3v) is 4.10. The van der Waals surface area contributed by atoms with Gasteiger partial charge in [-0.05, 0) is 45.3 Å². The van der Waals surface area contributed by atoms with Gasteiger partial charge < -0.3 is 20.4 Å². The molecule has 2 N–H and O–H groups in total.